The molecule has 0 saturated heterocycles. The Kier molecular flexibility index (Phi) is 3.81. The molecular formula is C12H12ClFN2O2. The van der Waals surface area contributed by atoms with Crippen molar-refractivity contribution in [1.29, 1.82) is 0 Å². The predicted molar refractivity (Wildman–Crippen MR) is 66.4 cm³/mol. The second-order valence-corrected chi connectivity index (χ2v) is 4.16. The van der Waals surface area contributed by atoms with Gasteiger partial charge in [-0.15, -0.1) is 0 Å². The zero-order valence-electron chi connectivity index (χ0n) is 9.82. The number of unbranched alkanes of at least 4 members (excludes halogenated alkanes) is 1. The number of halogens is 2. The molecule has 0 saturated carbocycles. The Hall–Kier alpha value is -1.62. The third-order valence-corrected chi connectivity index (χ3v) is 2.74. The van der Waals surface area contributed by atoms with E-state index in [0.717, 1.165) is 17.4 Å². The summed E-state index contributed by atoms with van der Waals surface area (Å²) < 4.78 is 19.3. The van der Waals surface area contributed by atoms with Gasteiger partial charge in [-0.1, -0.05) is 13.3 Å². The van der Waals surface area contributed by atoms with Gasteiger partial charge in [0.15, 0.2) is 0 Å². The molecule has 0 aliphatic rings. The topological polar surface area (TPSA) is 44.1 Å². The third-order valence-electron chi connectivity index (χ3n) is 2.48. The van der Waals surface area contributed by atoms with Crippen molar-refractivity contribution in [2.45, 2.75) is 19.8 Å². The van der Waals surface area contributed by atoms with Crippen LogP contribution in [0.15, 0.2) is 18.2 Å². The molecule has 6 heteroatoms. The molecule has 96 valence electrons. The predicted octanol–water partition coefficient (Wildman–Crippen LogP) is 3.61. The van der Waals surface area contributed by atoms with Gasteiger partial charge in [-0.25, -0.2) is 18.7 Å². The SMILES string of the molecule is CCCCOC(=O)n1c(Cl)nc2ccc(F)cc21. The highest BCUT2D eigenvalue weighted by Crippen LogP contribution is 2.21. The number of rotatable bonds is 3. The fourth-order valence-corrected chi connectivity index (χ4v) is 1.81. The molecule has 0 aliphatic heterocycles. The van der Waals surface area contributed by atoms with Crippen LogP contribution in [0, 0.1) is 5.82 Å². The van der Waals surface area contributed by atoms with Crippen LogP contribution in [0.3, 0.4) is 0 Å². The zero-order chi connectivity index (χ0) is 13.1. The summed E-state index contributed by atoms with van der Waals surface area (Å²) in [5.41, 5.74) is 0.760. The summed E-state index contributed by atoms with van der Waals surface area (Å²) in [4.78, 5) is 15.8. The molecule has 0 unspecified atom stereocenters. The molecule has 1 aromatic heterocycles. The Bertz CT molecular complexity index is 583. The van der Waals surface area contributed by atoms with E-state index < -0.39 is 11.9 Å². The normalized spacial score (nSPS) is 10.8. The number of carbonyl (C=O) groups is 1. The number of aromatic nitrogens is 2. The minimum atomic E-state index is -0.637. The van der Waals surface area contributed by atoms with Crippen molar-refractivity contribution in [1.82, 2.24) is 9.55 Å². The van der Waals surface area contributed by atoms with Crippen molar-refractivity contribution in [2.24, 2.45) is 0 Å². The molecular weight excluding hydrogens is 259 g/mol. The fraction of sp³-hybridized carbons (Fsp3) is 0.333. The zero-order valence-corrected chi connectivity index (χ0v) is 10.6. The van der Waals surface area contributed by atoms with Crippen molar-refractivity contribution >= 4 is 28.7 Å². The van der Waals surface area contributed by atoms with E-state index in [-0.39, 0.29) is 5.28 Å². The Morgan fingerprint density at radius 2 is 2.33 bits per heavy atom. The Morgan fingerprint density at radius 3 is 3.06 bits per heavy atom. The van der Waals surface area contributed by atoms with E-state index in [1.807, 2.05) is 6.92 Å². The molecule has 0 bridgehead atoms. The number of imidazole rings is 1. The lowest BCUT2D eigenvalue weighted by Gasteiger charge is -2.05. The maximum absolute atomic E-state index is 13.2. The molecule has 1 aromatic carbocycles. The van der Waals surface area contributed by atoms with E-state index in [0.29, 0.717) is 17.6 Å². The van der Waals surface area contributed by atoms with Crippen LogP contribution >= 0.6 is 11.6 Å². The van der Waals surface area contributed by atoms with Gasteiger partial charge in [0, 0.05) is 6.07 Å². The number of hydrogen-bond donors (Lipinski definition) is 0. The van der Waals surface area contributed by atoms with E-state index in [4.69, 9.17) is 16.3 Å². The average molecular weight is 271 g/mol. The smallest absolute Gasteiger partial charge is 0.420 e. The monoisotopic (exact) mass is 270 g/mol. The molecule has 0 aliphatic carbocycles. The van der Waals surface area contributed by atoms with Crippen LogP contribution in [0.1, 0.15) is 19.8 Å². The minimum absolute atomic E-state index is 0.0305. The van der Waals surface area contributed by atoms with E-state index >= 15 is 0 Å². The molecule has 0 N–H and O–H groups in total. The van der Waals surface area contributed by atoms with Crippen LogP contribution in [-0.4, -0.2) is 22.3 Å². The summed E-state index contributed by atoms with van der Waals surface area (Å²) >= 11 is 5.86. The van der Waals surface area contributed by atoms with E-state index in [9.17, 15) is 9.18 Å². The molecule has 0 spiro atoms. The maximum Gasteiger partial charge on any atom is 0.420 e. The number of nitrogens with zero attached hydrogens (tertiary/aromatic N) is 2. The Balaban J connectivity index is 2.34. The number of hydrogen-bond acceptors (Lipinski definition) is 3. The summed E-state index contributed by atoms with van der Waals surface area (Å²) in [5.74, 6) is -0.457. The molecule has 1 heterocycles. The van der Waals surface area contributed by atoms with Gasteiger partial charge >= 0.3 is 6.09 Å². The van der Waals surface area contributed by atoms with Crippen molar-refractivity contribution in [3.63, 3.8) is 0 Å². The van der Waals surface area contributed by atoms with Crippen LogP contribution in [0.25, 0.3) is 11.0 Å². The minimum Gasteiger partial charge on any atom is -0.449 e. The number of benzene rings is 1. The fourth-order valence-electron chi connectivity index (χ4n) is 1.56. The van der Waals surface area contributed by atoms with Crippen LogP contribution in [-0.2, 0) is 4.74 Å². The van der Waals surface area contributed by atoms with E-state index in [1.54, 1.807) is 0 Å². The number of carbonyl (C=O) groups excluding carboxylic acids is 1. The van der Waals surface area contributed by atoms with Crippen LogP contribution in [0.2, 0.25) is 5.28 Å². The first kappa shape index (κ1) is 12.8. The molecule has 18 heavy (non-hydrogen) atoms. The van der Waals surface area contributed by atoms with Crippen LogP contribution in [0.5, 0.6) is 0 Å². The van der Waals surface area contributed by atoms with Gasteiger partial charge in [-0.05, 0) is 30.2 Å². The largest absolute Gasteiger partial charge is 0.449 e. The van der Waals surface area contributed by atoms with Crippen molar-refractivity contribution in [3.05, 3.63) is 29.3 Å². The number of fused-ring (bicyclic) bond motifs is 1. The molecule has 0 radical (unpaired) electrons. The Morgan fingerprint density at radius 1 is 1.56 bits per heavy atom. The molecule has 2 aromatic rings. The van der Waals surface area contributed by atoms with Crippen molar-refractivity contribution in [3.8, 4) is 0 Å². The second kappa shape index (κ2) is 5.35. The maximum atomic E-state index is 13.2. The van der Waals surface area contributed by atoms with Gasteiger partial charge in [0.05, 0.1) is 17.6 Å². The lowest BCUT2D eigenvalue weighted by atomic mass is 10.3. The van der Waals surface area contributed by atoms with Gasteiger partial charge in [-0.3, -0.25) is 0 Å². The number of ether oxygens (including phenoxy) is 1. The van der Waals surface area contributed by atoms with E-state index in [1.165, 1.54) is 18.2 Å². The first-order valence-corrected chi connectivity index (χ1v) is 6.02. The quantitative estimate of drug-likeness (QED) is 0.800. The molecule has 4 nitrogen and oxygen atoms in total. The third kappa shape index (κ3) is 2.46. The van der Waals surface area contributed by atoms with E-state index in [2.05, 4.69) is 4.98 Å². The van der Waals surface area contributed by atoms with Crippen LogP contribution < -0.4 is 0 Å². The van der Waals surface area contributed by atoms with Gasteiger partial charge in [0.1, 0.15) is 5.82 Å². The molecule has 0 atom stereocenters. The summed E-state index contributed by atoms with van der Waals surface area (Å²) in [6, 6.07) is 3.93. The van der Waals surface area contributed by atoms with Gasteiger partial charge in [0.2, 0.25) is 5.28 Å². The van der Waals surface area contributed by atoms with Crippen LogP contribution in [0.4, 0.5) is 9.18 Å². The highest BCUT2D eigenvalue weighted by Gasteiger charge is 2.16. The summed E-state index contributed by atoms with van der Waals surface area (Å²) in [6.45, 7) is 2.30. The highest BCUT2D eigenvalue weighted by molar-refractivity contribution is 6.30. The van der Waals surface area contributed by atoms with Gasteiger partial charge < -0.3 is 4.74 Å². The van der Waals surface area contributed by atoms with Gasteiger partial charge in [0.25, 0.3) is 0 Å². The van der Waals surface area contributed by atoms with Crippen molar-refractivity contribution < 1.29 is 13.9 Å². The van der Waals surface area contributed by atoms with Gasteiger partial charge in [-0.2, -0.15) is 0 Å². The second-order valence-electron chi connectivity index (χ2n) is 3.82. The summed E-state index contributed by atoms with van der Waals surface area (Å²) in [5, 5.41) is -0.0305. The first-order valence-electron chi connectivity index (χ1n) is 5.64. The molecule has 0 fully saturated rings. The standard InChI is InChI=1S/C12H12ClFN2O2/c1-2-3-6-18-12(17)16-10-7-8(14)4-5-9(10)15-11(16)13/h4-5,7H,2-3,6H2,1H3. The average Bonchev–Trinajstić information content (AvgIpc) is 2.64. The molecule has 0 amide bonds. The lowest BCUT2D eigenvalue weighted by Crippen LogP contribution is -2.14. The summed E-state index contributed by atoms with van der Waals surface area (Å²) in [6.07, 6.45) is 1.05. The summed E-state index contributed by atoms with van der Waals surface area (Å²) in [7, 11) is 0. The lowest BCUT2D eigenvalue weighted by molar-refractivity contribution is 0.147. The highest BCUT2D eigenvalue weighted by atomic mass is 35.5. The van der Waals surface area contributed by atoms with Crippen molar-refractivity contribution in [2.75, 3.05) is 6.61 Å². The molecule has 2 rings (SSSR count). The first-order chi connectivity index (χ1) is 8.63. The Labute approximate surface area is 108 Å².